The summed E-state index contributed by atoms with van der Waals surface area (Å²) in [5.41, 5.74) is 0. The number of aromatic nitrogens is 4. The number of imidazole rings is 1. The van der Waals surface area contributed by atoms with Gasteiger partial charge in [-0.3, -0.25) is 5.32 Å². The summed E-state index contributed by atoms with van der Waals surface area (Å²) in [4.78, 5) is 23.3. The molecule has 0 aliphatic heterocycles. The Balaban J connectivity index is 2.13. The van der Waals surface area contributed by atoms with Crippen LogP contribution in [0, 0.1) is 0 Å². The molecule has 2 N–H and O–H groups in total. The first-order chi connectivity index (χ1) is 10.8. The highest BCUT2D eigenvalue weighted by molar-refractivity contribution is 7.89. The van der Waals surface area contributed by atoms with Crippen LogP contribution in [-0.2, 0) is 10.0 Å². The zero-order valence-corrected chi connectivity index (χ0v) is 13.5. The number of nitrogens with one attached hydrogen (secondary N) is 2. The molecular weight excluding hydrogens is 324 g/mol. The zero-order valence-electron chi connectivity index (χ0n) is 12.7. The smallest absolute Gasteiger partial charge is 0.335 e. The molecule has 10 nitrogen and oxygen atoms in total. The Morgan fingerprint density at radius 1 is 1.30 bits per heavy atom. The molecule has 2 heterocycles. The number of hydrogen-bond acceptors (Lipinski definition) is 7. The third-order valence-corrected chi connectivity index (χ3v) is 3.97. The van der Waals surface area contributed by atoms with Crippen molar-refractivity contribution in [3.8, 4) is 5.88 Å². The largest absolute Gasteiger partial charge is 0.481 e. The van der Waals surface area contributed by atoms with Gasteiger partial charge >= 0.3 is 6.03 Å². The molecule has 0 saturated carbocycles. The second kappa shape index (κ2) is 6.60. The van der Waals surface area contributed by atoms with Crippen molar-refractivity contribution in [2.45, 2.75) is 25.0 Å². The summed E-state index contributed by atoms with van der Waals surface area (Å²) in [7, 11) is -2.72. The van der Waals surface area contributed by atoms with E-state index in [9.17, 15) is 13.2 Å². The van der Waals surface area contributed by atoms with E-state index in [0.717, 1.165) is 0 Å². The van der Waals surface area contributed by atoms with Crippen LogP contribution < -0.4 is 14.8 Å². The van der Waals surface area contributed by atoms with Crippen molar-refractivity contribution in [1.29, 1.82) is 0 Å². The molecule has 11 heteroatoms. The number of hydrogen-bond donors (Lipinski definition) is 2. The molecule has 0 spiro atoms. The molecule has 2 aromatic rings. The summed E-state index contributed by atoms with van der Waals surface area (Å²) in [6, 6.07) is 0.352. The molecule has 0 saturated heterocycles. The lowest BCUT2D eigenvalue weighted by molar-refractivity contribution is 0.256. The van der Waals surface area contributed by atoms with Gasteiger partial charge in [0.2, 0.25) is 17.0 Å². The molecular formula is C12H16N6O4S. The minimum absolute atomic E-state index is 0.0933. The summed E-state index contributed by atoms with van der Waals surface area (Å²) in [6.07, 6.45) is 4.22. The molecule has 2 rings (SSSR count). The van der Waals surface area contributed by atoms with Gasteiger partial charge in [0, 0.05) is 30.7 Å². The Hall–Kier alpha value is -2.69. The number of carbonyl (C=O) groups is 1. The van der Waals surface area contributed by atoms with Crippen LogP contribution in [-0.4, -0.2) is 41.1 Å². The molecule has 2 aromatic heterocycles. The van der Waals surface area contributed by atoms with E-state index >= 15 is 0 Å². The van der Waals surface area contributed by atoms with E-state index in [2.05, 4.69) is 20.3 Å². The predicted octanol–water partition coefficient (Wildman–Crippen LogP) is 0.773. The molecule has 23 heavy (non-hydrogen) atoms. The highest BCUT2D eigenvalue weighted by Crippen LogP contribution is 2.13. The van der Waals surface area contributed by atoms with E-state index in [0.29, 0.717) is 0 Å². The van der Waals surface area contributed by atoms with Crippen molar-refractivity contribution >= 4 is 22.0 Å². The molecule has 0 aliphatic carbocycles. The first-order valence-electron chi connectivity index (χ1n) is 6.57. The average molecular weight is 340 g/mol. The summed E-state index contributed by atoms with van der Waals surface area (Å²) >= 11 is 0. The first kappa shape index (κ1) is 16.7. The molecule has 0 atom stereocenters. The maximum atomic E-state index is 12.2. The summed E-state index contributed by atoms with van der Waals surface area (Å²) in [5, 5.41) is 1.96. The normalized spacial score (nSPS) is 11.3. The van der Waals surface area contributed by atoms with Gasteiger partial charge in [0.15, 0.2) is 0 Å². The number of amides is 2. The third kappa shape index (κ3) is 3.94. The lowest BCUT2D eigenvalue weighted by Gasteiger charge is -2.12. The number of anilines is 1. The fourth-order valence-corrected chi connectivity index (χ4v) is 2.85. The van der Waals surface area contributed by atoms with Gasteiger partial charge in [-0.15, -0.1) is 0 Å². The number of carbonyl (C=O) groups excluding carboxylic acids is 1. The van der Waals surface area contributed by atoms with Crippen molar-refractivity contribution in [1.82, 2.24) is 24.2 Å². The number of urea groups is 1. The van der Waals surface area contributed by atoms with Crippen molar-refractivity contribution in [3.63, 3.8) is 0 Å². The van der Waals surface area contributed by atoms with Crippen LogP contribution >= 0.6 is 0 Å². The van der Waals surface area contributed by atoms with Crippen LogP contribution in [0.4, 0.5) is 10.7 Å². The SMILES string of the molecule is COc1ccnc(NC(=O)NS(=O)(=O)c2nccn2C(C)C)n1. The lowest BCUT2D eigenvalue weighted by atomic mass is 10.4. The second-order valence-electron chi connectivity index (χ2n) is 4.69. The van der Waals surface area contributed by atoms with E-state index in [1.807, 2.05) is 4.72 Å². The van der Waals surface area contributed by atoms with Gasteiger partial charge in [-0.2, -0.15) is 13.4 Å². The molecule has 0 bridgehead atoms. The van der Waals surface area contributed by atoms with Gasteiger partial charge in [0.25, 0.3) is 10.0 Å². The van der Waals surface area contributed by atoms with Gasteiger partial charge in [-0.25, -0.2) is 19.5 Å². The highest BCUT2D eigenvalue weighted by Gasteiger charge is 2.24. The van der Waals surface area contributed by atoms with Gasteiger partial charge < -0.3 is 9.30 Å². The number of ether oxygens (including phenoxy) is 1. The molecule has 0 aliphatic rings. The lowest BCUT2D eigenvalue weighted by Crippen LogP contribution is -2.36. The molecule has 0 radical (unpaired) electrons. The Morgan fingerprint density at radius 2 is 2.04 bits per heavy atom. The van der Waals surface area contributed by atoms with Crippen LogP contribution in [0.1, 0.15) is 19.9 Å². The third-order valence-electron chi connectivity index (χ3n) is 2.72. The Bertz CT molecular complexity index is 801. The zero-order chi connectivity index (χ0) is 17.0. The minimum Gasteiger partial charge on any atom is -0.481 e. The maximum absolute atomic E-state index is 12.2. The van der Waals surface area contributed by atoms with E-state index in [4.69, 9.17) is 4.74 Å². The van der Waals surface area contributed by atoms with E-state index < -0.39 is 16.1 Å². The second-order valence-corrected chi connectivity index (χ2v) is 6.27. The topological polar surface area (TPSA) is 128 Å². The maximum Gasteiger partial charge on any atom is 0.335 e. The molecule has 0 aromatic carbocycles. The van der Waals surface area contributed by atoms with Crippen molar-refractivity contribution < 1.29 is 17.9 Å². The summed E-state index contributed by atoms with van der Waals surface area (Å²) in [6.45, 7) is 3.59. The Kier molecular flexibility index (Phi) is 4.79. The first-order valence-corrected chi connectivity index (χ1v) is 8.05. The standard InChI is InChI=1S/C12H16N6O4S/c1-8(2)18-7-6-14-12(18)23(20,21)17-11(19)16-10-13-5-4-9(15-10)22-3/h4-8H,1-3H3,(H2,13,15,16,17,19). The molecule has 0 fully saturated rings. The monoisotopic (exact) mass is 340 g/mol. The molecule has 2 amide bonds. The van der Waals surface area contributed by atoms with Crippen molar-refractivity contribution in [2.24, 2.45) is 0 Å². The minimum atomic E-state index is -4.12. The fraction of sp³-hybridized carbons (Fsp3) is 0.333. The van der Waals surface area contributed by atoms with Crippen LogP contribution in [0.3, 0.4) is 0 Å². The fourth-order valence-electron chi connectivity index (χ4n) is 1.71. The summed E-state index contributed by atoms with van der Waals surface area (Å²) < 4.78 is 32.6. The predicted molar refractivity (Wildman–Crippen MR) is 80.5 cm³/mol. The van der Waals surface area contributed by atoms with Crippen molar-refractivity contribution in [3.05, 3.63) is 24.7 Å². The molecule has 124 valence electrons. The van der Waals surface area contributed by atoms with Gasteiger partial charge in [-0.05, 0) is 13.8 Å². The number of rotatable bonds is 5. The van der Waals surface area contributed by atoms with Crippen LogP contribution in [0.2, 0.25) is 0 Å². The Morgan fingerprint density at radius 3 is 2.70 bits per heavy atom. The number of nitrogens with zero attached hydrogens (tertiary/aromatic N) is 4. The molecule has 0 unspecified atom stereocenters. The van der Waals surface area contributed by atoms with Crippen LogP contribution in [0.25, 0.3) is 0 Å². The van der Waals surface area contributed by atoms with Crippen LogP contribution in [0.15, 0.2) is 29.8 Å². The van der Waals surface area contributed by atoms with Gasteiger partial charge in [0.05, 0.1) is 7.11 Å². The summed E-state index contributed by atoms with van der Waals surface area (Å²) in [5.74, 6) is 0.137. The van der Waals surface area contributed by atoms with E-state index in [1.54, 1.807) is 13.8 Å². The van der Waals surface area contributed by atoms with Crippen LogP contribution in [0.5, 0.6) is 5.88 Å². The number of methoxy groups -OCH3 is 1. The van der Waals surface area contributed by atoms with E-state index in [-0.39, 0.29) is 23.0 Å². The number of sulfonamides is 1. The van der Waals surface area contributed by atoms with Crippen molar-refractivity contribution in [2.75, 3.05) is 12.4 Å². The Labute approximate surface area is 133 Å². The highest BCUT2D eigenvalue weighted by atomic mass is 32.2. The van der Waals surface area contributed by atoms with Gasteiger partial charge in [-0.1, -0.05) is 0 Å². The van der Waals surface area contributed by atoms with Gasteiger partial charge in [0.1, 0.15) is 0 Å². The quantitative estimate of drug-likeness (QED) is 0.822. The van der Waals surface area contributed by atoms with E-state index in [1.165, 1.54) is 36.3 Å². The average Bonchev–Trinajstić information content (AvgIpc) is 2.97.